The van der Waals surface area contributed by atoms with Gasteiger partial charge in [-0.2, -0.15) is 4.31 Å². The van der Waals surface area contributed by atoms with Crippen LogP contribution < -0.4 is 0 Å². The lowest BCUT2D eigenvalue weighted by molar-refractivity contribution is 0.0701. The second-order valence-electron chi connectivity index (χ2n) is 4.19. The quantitative estimate of drug-likeness (QED) is 0.846. The van der Waals surface area contributed by atoms with Gasteiger partial charge in [0.1, 0.15) is 9.09 Å². The monoisotopic (exact) mass is 291 g/mol. The summed E-state index contributed by atoms with van der Waals surface area (Å²) in [6.07, 6.45) is -0.227. The number of nitrogens with zero attached hydrogens (tertiary/aromatic N) is 1. The van der Waals surface area contributed by atoms with Gasteiger partial charge in [-0.1, -0.05) is 0 Å². The maximum absolute atomic E-state index is 12.2. The summed E-state index contributed by atoms with van der Waals surface area (Å²) < 4.78 is 25.6. The Bertz CT molecular complexity index is 577. The number of aliphatic hydroxyl groups excluding tert-OH is 1. The molecule has 2 rings (SSSR count). The fraction of sp³-hybridized carbons (Fsp3) is 0.500. The highest BCUT2D eigenvalue weighted by Crippen LogP contribution is 2.30. The van der Waals surface area contributed by atoms with Crippen molar-refractivity contribution in [3.05, 3.63) is 16.5 Å². The zero-order valence-corrected chi connectivity index (χ0v) is 11.3. The summed E-state index contributed by atoms with van der Waals surface area (Å²) in [5.74, 6) is -1.12. The average molecular weight is 291 g/mol. The topological polar surface area (TPSA) is 94.9 Å². The number of carbonyl (C=O) groups is 1. The fourth-order valence-corrected chi connectivity index (χ4v) is 4.87. The summed E-state index contributed by atoms with van der Waals surface area (Å²) in [6.45, 7) is 1.91. The van der Waals surface area contributed by atoms with Crippen molar-refractivity contribution in [3.63, 3.8) is 0 Å². The lowest BCUT2D eigenvalue weighted by Gasteiger charge is -2.13. The molecule has 1 aromatic rings. The molecule has 1 aliphatic rings. The Labute approximate surface area is 109 Å². The minimum Gasteiger partial charge on any atom is -0.477 e. The van der Waals surface area contributed by atoms with Gasteiger partial charge in [0.2, 0.25) is 0 Å². The molecule has 6 nitrogen and oxygen atoms in total. The van der Waals surface area contributed by atoms with Crippen LogP contribution in [-0.4, -0.2) is 48.1 Å². The molecule has 0 aromatic carbocycles. The first-order valence-corrected chi connectivity index (χ1v) is 7.60. The van der Waals surface area contributed by atoms with Gasteiger partial charge in [-0.3, -0.25) is 0 Å². The normalized spacial score (nSPS) is 21.3. The van der Waals surface area contributed by atoms with Crippen LogP contribution in [0.4, 0.5) is 0 Å². The predicted octanol–water partition coefficient (Wildman–Crippen LogP) is 0.510. The van der Waals surface area contributed by atoms with Gasteiger partial charge in [-0.15, -0.1) is 11.3 Å². The first kappa shape index (κ1) is 13.5. The first-order chi connectivity index (χ1) is 8.32. The number of carboxylic acid groups (broad SMARTS) is 1. The third kappa shape index (κ3) is 2.28. The molecule has 1 aromatic heterocycles. The fourth-order valence-electron chi connectivity index (χ4n) is 1.85. The largest absolute Gasteiger partial charge is 0.477 e. The predicted molar refractivity (Wildman–Crippen MR) is 65.4 cm³/mol. The molecule has 1 aliphatic heterocycles. The van der Waals surface area contributed by atoms with Crippen molar-refractivity contribution in [2.24, 2.45) is 0 Å². The molecular formula is C10H13NO5S2. The van der Waals surface area contributed by atoms with Gasteiger partial charge in [0.05, 0.1) is 6.10 Å². The van der Waals surface area contributed by atoms with E-state index < -0.39 is 22.1 Å². The van der Waals surface area contributed by atoms with Crippen molar-refractivity contribution in [2.75, 3.05) is 13.1 Å². The van der Waals surface area contributed by atoms with Gasteiger partial charge < -0.3 is 10.2 Å². The minimum absolute atomic E-state index is 0.0199. The Hall–Kier alpha value is -0.960. The molecular weight excluding hydrogens is 278 g/mol. The van der Waals surface area contributed by atoms with Crippen LogP contribution in [0.25, 0.3) is 0 Å². The van der Waals surface area contributed by atoms with Crippen molar-refractivity contribution in [3.8, 4) is 0 Å². The van der Waals surface area contributed by atoms with Crippen LogP contribution >= 0.6 is 11.3 Å². The number of carboxylic acids is 1. The maximum Gasteiger partial charge on any atom is 0.346 e. The van der Waals surface area contributed by atoms with Crippen molar-refractivity contribution in [1.29, 1.82) is 0 Å². The number of β-amino-alcohol motifs (C(OH)–C–C–N with tert-alkyl or cyclic N) is 1. The summed E-state index contributed by atoms with van der Waals surface area (Å²) in [4.78, 5) is 10.9. The SMILES string of the molecule is Cc1cc(S(=O)(=O)N2CC[C@@H](O)C2)sc1C(=O)O. The van der Waals surface area contributed by atoms with Gasteiger partial charge in [-0.25, -0.2) is 13.2 Å². The van der Waals surface area contributed by atoms with E-state index in [1.165, 1.54) is 10.4 Å². The van der Waals surface area contributed by atoms with Crippen LogP contribution in [-0.2, 0) is 10.0 Å². The Balaban J connectivity index is 2.36. The van der Waals surface area contributed by atoms with Crippen LogP contribution in [0.5, 0.6) is 0 Å². The number of rotatable bonds is 3. The lowest BCUT2D eigenvalue weighted by atomic mass is 10.3. The van der Waals surface area contributed by atoms with Gasteiger partial charge >= 0.3 is 5.97 Å². The third-order valence-corrected chi connectivity index (χ3v) is 6.35. The highest BCUT2D eigenvalue weighted by molar-refractivity contribution is 7.91. The molecule has 0 radical (unpaired) electrons. The van der Waals surface area contributed by atoms with Crippen molar-refractivity contribution >= 4 is 27.3 Å². The maximum atomic E-state index is 12.2. The Kier molecular flexibility index (Phi) is 3.45. The molecule has 18 heavy (non-hydrogen) atoms. The molecule has 0 bridgehead atoms. The third-order valence-electron chi connectivity index (χ3n) is 2.81. The van der Waals surface area contributed by atoms with Crippen LogP contribution in [0, 0.1) is 6.92 Å². The zero-order valence-electron chi connectivity index (χ0n) is 9.66. The van der Waals surface area contributed by atoms with Gasteiger partial charge in [0.15, 0.2) is 0 Å². The highest BCUT2D eigenvalue weighted by Gasteiger charge is 2.33. The molecule has 1 atom stereocenters. The second kappa shape index (κ2) is 4.61. The van der Waals surface area contributed by atoms with E-state index >= 15 is 0 Å². The van der Waals surface area contributed by atoms with Crippen LogP contribution in [0.15, 0.2) is 10.3 Å². The average Bonchev–Trinajstić information content (AvgIpc) is 2.84. The number of hydrogen-bond donors (Lipinski definition) is 2. The standard InChI is InChI=1S/C10H13NO5S2/c1-6-4-8(17-9(6)10(13)14)18(15,16)11-3-2-7(12)5-11/h4,7,12H,2-3,5H2,1H3,(H,13,14)/t7-/m1/s1. The van der Waals surface area contributed by atoms with E-state index in [4.69, 9.17) is 5.11 Å². The molecule has 2 heterocycles. The zero-order chi connectivity index (χ0) is 13.5. The van der Waals surface area contributed by atoms with Gasteiger partial charge in [0.25, 0.3) is 10.0 Å². The van der Waals surface area contributed by atoms with Crippen molar-refractivity contribution < 1.29 is 23.4 Å². The van der Waals surface area contributed by atoms with Gasteiger partial charge in [0, 0.05) is 13.1 Å². The first-order valence-electron chi connectivity index (χ1n) is 5.34. The summed E-state index contributed by atoms with van der Waals surface area (Å²) in [5.41, 5.74) is 0.436. The van der Waals surface area contributed by atoms with Crippen molar-refractivity contribution in [1.82, 2.24) is 4.31 Å². The summed E-state index contributed by atoms with van der Waals surface area (Å²) in [7, 11) is -3.68. The van der Waals surface area contributed by atoms with Crippen LogP contribution in [0.2, 0.25) is 0 Å². The van der Waals surface area contributed by atoms with E-state index in [0.29, 0.717) is 12.0 Å². The van der Waals surface area contributed by atoms with Crippen molar-refractivity contribution in [2.45, 2.75) is 23.7 Å². The Morgan fingerprint density at radius 2 is 2.22 bits per heavy atom. The van der Waals surface area contributed by atoms with E-state index in [-0.39, 0.29) is 22.2 Å². The minimum atomic E-state index is -3.68. The van der Waals surface area contributed by atoms with E-state index in [1.54, 1.807) is 6.92 Å². The number of thiophene rings is 1. The van der Waals surface area contributed by atoms with Crippen LogP contribution in [0.1, 0.15) is 21.7 Å². The molecule has 1 saturated heterocycles. The molecule has 0 spiro atoms. The molecule has 100 valence electrons. The van der Waals surface area contributed by atoms with E-state index in [1.807, 2.05) is 0 Å². The van der Waals surface area contributed by atoms with Gasteiger partial charge in [-0.05, 0) is 25.0 Å². The second-order valence-corrected chi connectivity index (χ2v) is 7.41. The summed E-state index contributed by atoms with van der Waals surface area (Å²) in [5, 5.41) is 18.3. The molecule has 1 fully saturated rings. The smallest absolute Gasteiger partial charge is 0.346 e. The number of sulfonamides is 1. The number of hydrogen-bond acceptors (Lipinski definition) is 5. The highest BCUT2D eigenvalue weighted by atomic mass is 32.2. The molecule has 0 saturated carbocycles. The molecule has 0 aliphatic carbocycles. The van der Waals surface area contributed by atoms with E-state index in [2.05, 4.69) is 0 Å². The van der Waals surface area contributed by atoms with Crippen LogP contribution in [0.3, 0.4) is 0 Å². The number of aliphatic hydroxyl groups is 1. The molecule has 2 N–H and O–H groups in total. The number of aryl methyl sites for hydroxylation is 1. The Morgan fingerprint density at radius 3 is 2.67 bits per heavy atom. The van der Waals surface area contributed by atoms with E-state index in [9.17, 15) is 18.3 Å². The summed E-state index contributed by atoms with van der Waals surface area (Å²) in [6, 6.07) is 1.37. The summed E-state index contributed by atoms with van der Waals surface area (Å²) >= 11 is 0.752. The Morgan fingerprint density at radius 1 is 1.56 bits per heavy atom. The molecule has 0 amide bonds. The number of aromatic carboxylic acids is 1. The van der Waals surface area contributed by atoms with E-state index in [0.717, 1.165) is 11.3 Å². The molecule has 8 heteroatoms. The lowest BCUT2D eigenvalue weighted by Crippen LogP contribution is -2.29. The molecule has 0 unspecified atom stereocenters.